The number of amides is 1. The summed E-state index contributed by atoms with van der Waals surface area (Å²) >= 11 is 7.50. The molecule has 0 N–H and O–H groups in total. The number of methoxy groups -OCH3 is 1. The Balaban J connectivity index is 2.21. The number of benzene rings is 2. The van der Waals surface area contributed by atoms with E-state index in [0.29, 0.717) is 32.5 Å². The minimum absolute atomic E-state index is 0.0632. The standard InChI is InChI=1S/C20H20ClN3O3S/c1-12(18(25)23(2)3)28-20-22-16-8-6-5-7-14(16)19(26)24(20)13-9-10-17(27-4)15(21)11-13/h5-12H,1-4H3/t12-/m1/s1. The van der Waals surface area contributed by atoms with Crippen LogP contribution < -0.4 is 10.3 Å². The average molecular weight is 418 g/mol. The van der Waals surface area contributed by atoms with Gasteiger partial charge in [-0.25, -0.2) is 4.98 Å². The summed E-state index contributed by atoms with van der Waals surface area (Å²) in [7, 11) is 4.92. The molecule has 8 heteroatoms. The van der Waals surface area contributed by atoms with Crippen molar-refractivity contribution in [3.05, 3.63) is 57.8 Å². The maximum absolute atomic E-state index is 13.2. The Morgan fingerprint density at radius 3 is 2.61 bits per heavy atom. The quantitative estimate of drug-likeness (QED) is 0.468. The lowest BCUT2D eigenvalue weighted by Crippen LogP contribution is -2.31. The number of hydrogen-bond donors (Lipinski definition) is 0. The van der Waals surface area contributed by atoms with Crippen LogP contribution in [0, 0.1) is 0 Å². The molecule has 1 atom stereocenters. The summed E-state index contributed by atoms with van der Waals surface area (Å²) in [6.45, 7) is 1.79. The molecule has 146 valence electrons. The summed E-state index contributed by atoms with van der Waals surface area (Å²) in [5.74, 6) is 0.448. The van der Waals surface area contributed by atoms with Gasteiger partial charge < -0.3 is 9.64 Å². The summed E-state index contributed by atoms with van der Waals surface area (Å²) in [4.78, 5) is 31.7. The Labute approximate surface area is 172 Å². The number of carbonyl (C=O) groups excluding carboxylic acids is 1. The topological polar surface area (TPSA) is 64.4 Å². The molecule has 3 rings (SSSR count). The second-order valence-electron chi connectivity index (χ2n) is 6.36. The van der Waals surface area contributed by atoms with Gasteiger partial charge in [0.05, 0.1) is 34.0 Å². The summed E-state index contributed by atoms with van der Waals surface area (Å²) in [5, 5.41) is 0.884. The first-order valence-electron chi connectivity index (χ1n) is 8.57. The first-order chi connectivity index (χ1) is 13.3. The molecule has 28 heavy (non-hydrogen) atoms. The lowest BCUT2D eigenvalue weighted by Gasteiger charge is -2.19. The van der Waals surface area contributed by atoms with E-state index in [1.165, 1.54) is 28.3 Å². The van der Waals surface area contributed by atoms with Gasteiger partial charge in [-0.05, 0) is 37.3 Å². The third-order valence-electron chi connectivity index (χ3n) is 4.21. The van der Waals surface area contributed by atoms with Gasteiger partial charge in [0.25, 0.3) is 5.56 Å². The predicted octanol–water partition coefficient (Wildman–Crippen LogP) is 3.62. The van der Waals surface area contributed by atoms with Crippen molar-refractivity contribution in [1.29, 1.82) is 0 Å². The number of hydrogen-bond acceptors (Lipinski definition) is 5. The fourth-order valence-corrected chi connectivity index (χ4v) is 4.11. The molecule has 0 saturated heterocycles. The first kappa shape index (κ1) is 20.2. The Kier molecular flexibility index (Phi) is 5.96. The molecule has 0 spiro atoms. The lowest BCUT2D eigenvalue weighted by atomic mass is 10.2. The second-order valence-corrected chi connectivity index (χ2v) is 8.08. The maximum atomic E-state index is 13.2. The van der Waals surface area contributed by atoms with Crippen molar-refractivity contribution in [2.24, 2.45) is 0 Å². The highest BCUT2D eigenvalue weighted by Crippen LogP contribution is 2.30. The van der Waals surface area contributed by atoms with Gasteiger partial charge in [-0.15, -0.1) is 0 Å². The molecule has 0 aliphatic carbocycles. The van der Waals surface area contributed by atoms with E-state index < -0.39 is 5.25 Å². The van der Waals surface area contributed by atoms with Crippen molar-refractivity contribution in [3.8, 4) is 11.4 Å². The Bertz CT molecular complexity index is 1100. The fourth-order valence-electron chi connectivity index (χ4n) is 2.79. The zero-order valence-corrected chi connectivity index (χ0v) is 17.5. The van der Waals surface area contributed by atoms with Gasteiger partial charge in [-0.2, -0.15) is 0 Å². The summed E-state index contributed by atoms with van der Waals surface area (Å²) in [5.41, 5.74) is 0.912. The highest BCUT2D eigenvalue weighted by molar-refractivity contribution is 8.00. The molecule has 0 aliphatic heterocycles. The highest BCUT2D eigenvalue weighted by Gasteiger charge is 2.21. The molecule has 1 aromatic heterocycles. The number of ether oxygens (including phenoxy) is 1. The smallest absolute Gasteiger partial charge is 0.266 e. The zero-order valence-electron chi connectivity index (χ0n) is 16.0. The molecule has 6 nitrogen and oxygen atoms in total. The Morgan fingerprint density at radius 2 is 1.96 bits per heavy atom. The number of rotatable bonds is 5. The largest absolute Gasteiger partial charge is 0.495 e. The molecule has 0 bridgehead atoms. The van der Waals surface area contributed by atoms with Gasteiger partial charge in [0.15, 0.2) is 5.16 Å². The minimum atomic E-state index is -0.414. The Morgan fingerprint density at radius 1 is 1.25 bits per heavy atom. The van der Waals surface area contributed by atoms with Crippen molar-refractivity contribution in [3.63, 3.8) is 0 Å². The van der Waals surface area contributed by atoms with E-state index in [1.807, 2.05) is 6.07 Å². The minimum Gasteiger partial charge on any atom is -0.495 e. The van der Waals surface area contributed by atoms with Gasteiger partial charge >= 0.3 is 0 Å². The molecule has 3 aromatic rings. The van der Waals surface area contributed by atoms with E-state index in [-0.39, 0.29) is 11.5 Å². The van der Waals surface area contributed by atoms with Crippen LogP contribution in [0.1, 0.15) is 6.92 Å². The molecule has 1 amide bonds. The van der Waals surface area contributed by atoms with Crippen LogP contribution in [-0.2, 0) is 4.79 Å². The van der Waals surface area contributed by atoms with E-state index in [9.17, 15) is 9.59 Å². The van der Waals surface area contributed by atoms with E-state index in [0.717, 1.165) is 0 Å². The number of fused-ring (bicyclic) bond motifs is 1. The first-order valence-corrected chi connectivity index (χ1v) is 9.82. The van der Waals surface area contributed by atoms with Crippen molar-refractivity contribution in [1.82, 2.24) is 14.5 Å². The summed E-state index contributed by atoms with van der Waals surface area (Å²) in [6.07, 6.45) is 0. The number of para-hydroxylation sites is 1. The van der Waals surface area contributed by atoms with Crippen LogP contribution in [0.5, 0.6) is 5.75 Å². The molecule has 1 heterocycles. The van der Waals surface area contributed by atoms with E-state index in [4.69, 9.17) is 16.3 Å². The SMILES string of the molecule is COc1ccc(-n2c(S[C@H](C)C(=O)N(C)C)nc3ccccc3c2=O)cc1Cl. The van der Waals surface area contributed by atoms with Crippen molar-refractivity contribution < 1.29 is 9.53 Å². The molecular weight excluding hydrogens is 398 g/mol. The van der Waals surface area contributed by atoms with Crippen LogP contribution in [0.3, 0.4) is 0 Å². The van der Waals surface area contributed by atoms with Crippen LogP contribution >= 0.6 is 23.4 Å². The number of aromatic nitrogens is 2. The van der Waals surface area contributed by atoms with Crippen LogP contribution in [0.15, 0.2) is 52.4 Å². The number of nitrogens with zero attached hydrogens (tertiary/aromatic N) is 3. The number of halogens is 1. The van der Waals surface area contributed by atoms with Crippen LogP contribution in [0.4, 0.5) is 0 Å². The van der Waals surface area contributed by atoms with E-state index >= 15 is 0 Å². The normalized spacial score (nSPS) is 12.0. The van der Waals surface area contributed by atoms with E-state index in [2.05, 4.69) is 4.98 Å². The lowest BCUT2D eigenvalue weighted by molar-refractivity contribution is -0.127. The molecule has 0 saturated carbocycles. The third-order valence-corrected chi connectivity index (χ3v) is 5.54. The van der Waals surface area contributed by atoms with Gasteiger partial charge in [0, 0.05) is 14.1 Å². The highest BCUT2D eigenvalue weighted by atomic mass is 35.5. The zero-order chi connectivity index (χ0) is 20.4. The molecule has 0 radical (unpaired) electrons. The van der Waals surface area contributed by atoms with Gasteiger partial charge in [0.1, 0.15) is 5.75 Å². The van der Waals surface area contributed by atoms with Crippen LogP contribution in [0.25, 0.3) is 16.6 Å². The molecular formula is C20H20ClN3O3S. The Hall–Kier alpha value is -2.51. The van der Waals surface area contributed by atoms with Crippen LogP contribution in [-0.4, -0.2) is 46.8 Å². The van der Waals surface area contributed by atoms with Crippen molar-refractivity contribution in [2.45, 2.75) is 17.3 Å². The summed E-state index contributed by atoms with van der Waals surface area (Å²) < 4.78 is 6.68. The van der Waals surface area contributed by atoms with Crippen molar-refractivity contribution >= 4 is 40.2 Å². The third kappa shape index (κ3) is 3.86. The average Bonchev–Trinajstić information content (AvgIpc) is 2.67. The monoisotopic (exact) mass is 417 g/mol. The van der Waals surface area contributed by atoms with Gasteiger partial charge in [-0.1, -0.05) is 35.5 Å². The second kappa shape index (κ2) is 8.24. The van der Waals surface area contributed by atoms with Crippen LogP contribution in [0.2, 0.25) is 5.02 Å². The molecule has 0 unspecified atom stereocenters. The number of thioether (sulfide) groups is 1. The molecule has 2 aromatic carbocycles. The predicted molar refractivity (Wildman–Crippen MR) is 113 cm³/mol. The van der Waals surface area contributed by atoms with Gasteiger partial charge in [0.2, 0.25) is 5.91 Å². The molecule has 0 aliphatic rings. The summed E-state index contributed by atoms with van der Waals surface area (Å²) in [6, 6.07) is 12.2. The number of carbonyl (C=O) groups is 1. The maximum Gasteiger partial charge on any atom is 0.266 e. The fraction of sp³-hybridized carbons (Fsp3) is 0.250. The van der Waals surface area contributed by atoms with E-state index in [1.54, 1.807) is 57.4 Å². The van der Waals surface area contributed by atoms with Crippen molar-refractivity contribution in [2.75, 3.05) is 21.2 Å². The molecule has 0 fully saturated rings. The van der Waals surface area contributed by atoms with Gasteiger partial charge in [-0.3, -0.25) is 14.2 Å².